The fourth-order valence-electron chi connectivity index (χ4n) is 0.841. The van der Waals surface area contributed by atoms with Gasteiger partial charge in [-0.2, -0.15) is 0 Å². The molecule has 1 amide bonds. The highest BCUT2D eigenvalue weighted by atomic mass is 32.2. The van der Waals surface area contributed by atoms with Gasteiger partial charge in [-0.25, -0.2) is 8.42 Å². The van der Waals surface area contributed by atoms with Gasteiger partial charge < -0.3 is 5.73 Å². The van der Waals surface area contributed by atoms with E-state index in [1.807, 2.05) is 0 Å². The summed E-state index contributed by atoms with van der Waals surface area (Å²) in [6.07, 6.45) is 0. The van der Waals surface area contributed by atoms with Crippen LogP contribution in [0, 0.1) is 0 Å². The van der Waals surface area contributed by atoms with Crippen molar-refractivity contribution in [3.63, 3.8) is 0 Å². The Morgan fingerprint density at radius 2 is 1.83 bits per heavy atom. The van der Waals surface area contributed by atoms with E-state index in [0.717, 1.165) is 0 Å². The standard InChI is InChI=1S/C7H7NO3S/c8-7(9)5-3-1-2-4-6(5)12(10)11/h1-4,12H,(H2,8,9). The number of carbonyl (C=O) groups is 1. The van der Waals surface area contributed by atoms with Crippen molar-refractivity contribution in [2.24, 2.45) is 5.73 Å². The van der Waals surface area contributed by atoms with E-state index in [9.17, 15) is 13.2 Å². The van der Waals surface area contributed by atoms with Crippen LogP contribution >= 0.6 is 0 Å². The molecule has 0 fully saturated rings. The average molecular weight is 185 g/mol. The van der Waals surface area contributed by atoms with Gasteiger partial charge in [-0.15, -0.1) is 0 Å². The molecule has 0 radical (unpaired) electrons. The van der Waals surface area contributed by atoms with Crippen molar-refractivity contribution in [1.29, 1.82) is 0 Å². The van der Waals surface area contributed by atoms with E-state index >= 15 is 0 Å². The summed E-state index contributed by atoms with van der Waals surface area (Å²) in [4.78, 5) is 10.7. The molecule has 0 aliphatic heterocycles. The van der Waals surface area contributed by atoms with Gasteiger partial charge in [0.15, 0.2) is 10.7 Å². The van der Waals surface area contributed by atoms with Gasteiger partial charge in [0.1, 0.15) is 0 Å². The largest absolute Gasteiger partial charge is 0.366 e. The van der Waals surface area contributed by atoms with Crippen LogP contribution < -0.4 is 5.73 Å². The monoisotopic (exact) mass is 185 g/mol. The molecule has 0 saturated heterocycles. The number of thiol groups is 1. The molecule has 0 heterocycles. The molecule has 0 spiro atoms. The number of hydrogen-bond acceptors (Lipinski definition) is 3. The topological polar surface area (TPSA) is 77.2 Å². The zero-order chi connectivity index (χ0) is 9.14. The predicted molar refractivity (Wildman–Crippen MR) is 43.5 cm³/mol. The van der Waals surface area contributed by atoms with E-state index in [2.05, 4.69) is 0 Å². The summed E-state index contributed by atoms with van der Waals surface area (Å²) in [5, 5.41) is 0. The molecular formula is C7H7NO3S. The Morgan fingerprint density at radius 3 is 2.25 bits per heavy atom. The molecule has 0 aliphatic rings. The fraction of sp³-hybridized carbons (Fsp3) is 0. The molecule has 0 aromatic heterocycles. The van der Waals surface area contributed by atoms with Crippen LogP contribution in [0.2, 0.25) is 0 Å². The molecule has 5 heteroatoms. The SMILES string of the molecule is NC(=O)c1ccccc1[SH](=O)=O. The van der Waals surface area contributed by atoms with Crippen LogP contribution in [0.4, 0.5) is 0 Å². The van der Waals surface area contributed by atoms with Gasteiger partial charge in [-0.05, 0) is 12.1 Å². The maximum absolute atomic E-state index is 10.7. The van der Waals surface area contributed by atoms with Crippen molar-refractivity contribution >= 4 is 16.6 Å². The lowest BCUT2D eigenvalue weighted by atomic mass is 10.2. The van der Waals surface area contributed by atoms with Crippen LogP contribution in [-0.4, -0.2) is 14.3 Å². The lowest BCUT2D eigenvalue weighted by Gasteiger charge is -1.97. The maximum Gasteiger partial charge on any atom is 0.250 e. The molecule has 4 nitrogen and oxygen atoms in total. The molecule has 12 heavy (non-hydrogen) atoms. The van der Waals surface area contributed by atoms with E-state index in [0.29, 0.717) is 0 Å². The quantitative estimate of drug-likeness (QED) is 0.624. The highest BCUT2D eigenvalue weighted by Crippen LogP contribution is 2.08. The van der Waals surface area contributed by atoms with Gasteiger partial charge in [0.2, 0.25) is 5.91 Å². The van der Waals surface area contributed by atoms with Gasteiger partial charge in [0.05, 0.1) is 10.5 Å². The van der Waals surface area contributed by atoms with Gasteiger partial charge in [0.25, 0.3) is 0 Å². The predicted octanol–water partition coefficient (Wildman–Crippen LogP) is -0.244. The smallest absolute Gasteiger partial charge is 0.250 e. The van der Waals surface area contributed by atoms with E-state index in [4.69, 9.17) is 5.73 Å². The molecule has 64 valence electrons. The second-order valence-corrected chi connectivity index (χ2v) is 3.13. The zero-order valence-corrected chi connectivity index (χ0v) is 6.95. The molecule has 2 N–H and O–H groups in total. The Bertz CT molecular complexity index is 376. The lowest BCUT2D eigenvalue weighted by molar-refractivity contribution is 0.0997. The Labute approximate surface area is 71.0 Å². The molecule has 0 saturated carbocycles. The summed E-state index contributed by atoms with van der Waals surface area (Å²) in [7, 11) is -2.75. The summed E-state index contributed by atoms with van der Waals surface area (Å²) in [5.41, 5.74) is 4.98. The van der Waals surface area contributed by atoms with Gasteiger partial charge >= 0.3 is 0 Å². The minimum atomic E-state index is -2.75. The van der Waals surface area contributed by atoms with E-state index in [1.165, 1.54) is 18.2 Å². The maximum atomic E-state index is 10.7. The first kappa shape index (κ1) is 8.73. The number of nitrogens with two attached hydrogens (primary N) is 1. The highest BCUT2D eigenvalue weighted by Gasteiger charge is 2.07. The molecule has 0 atom stereocenters. The van der Waals surface area contributed by atoms with Crippen LogP contribution in [0.25, 0.3) is 0 Å². The normalized spacial score (nSPS) is 10.1. The molecule has 1 aromatic carbocycles. The molecule has 1 aromatic rings. The van der Waals surface area contributed by atoms with Crippen LogP contribution in [0.5, 0.6) is 0 Å². The highest BCUT2D eigenvalue weighted by molar-refractivity contribution is 7.72. The van der Waals surface area contributed by atoms with E-state index in [-0.39, 0.29) is 10.5 Å². The molecule has 1 rings (SSSR count). The van der Waals surface area contributed by atoms with Crippen molar-refractivity contribution in [2.75, 3.05) is 0 Å². The van der Waals surface area contributed by atoms with Gasteiger partial charge in [-0.1, -0.05) is 12.1 Å². The van der Waals surface area contributed by atoms with Gasteiger partial charge in [0, 0.05) is 0 Å². The lowest BCUT2D eigenvalue weighted by Crippen LogP contribution is -2.12. The third-order valence-electron chi connectivity index (χ3n) is 1.37. The molecule has 0 aliphatic carbocycles. The molecule has 0 bridgehead atoms. The number of amides is 1. The fourth-order valence-corrected chi connectivity index (χ4v) is 1.43. The number of rotatable bonds is 2. The first-order valence-corrected chi connectivity index (χ1v) is 4.34. The Hall–Kier alpha value is -1.36. The summed E-state index contributed by atoms with van der Waals surface area (Å²) in [6.45, 7) is 0. The summed E-state index contributed by atoms with van der Waals surface area (Å²) >= 11 is 0. The van der Waals surface area contributed by atoms with Crippen LogP contribution in [0.1, 0.15) is 10.4 Å². The van der Waals surface area contributed by atoms with Crippen LogP contribution in [-0.2, 0) is 10.7 Å². The van der Waals surface area contributed by atoms with Crippen LogP contribution in [0.3, 0.4) is 0 Å². The zero-order valence-electron chi connectivity index (χ0n) is 6.06. The number of hydrogen-bond donors (Lipinski definition) is 2. The minimum Gasteiger partial charge on any atom is -0.366 e. The second kappa shape index (κ2) is 3.36. The minimum absolute atomic E-state index is 0.0278. The second-order valence-electron chi connectivity index (χ2n) is 2.14. The summed E-state index contributed by atoms with van der Waals surface area (Å²) in [5.74, 6) is -0.732. The molecular weight excluding hydrogens is 178 g/mol. The van der Waals surface area contributed by atoms with Crippen molar-refractivity contribution < 1.29 is 13.2 Å². The Kier molecular flexibility index (Phi) is 2.44. The average Bonchev–Trinajstić information content (AvgIpc) is 2.04. The van der Waals surface area contributed by atoms with E-state index in [1.54, 1.807) is 6.07 Å². The van der Waals surface area contributed by atoms with Crippen LogP contribution in [0.15, 0.2) is 29.2 Å². The Morgan fingerprint density at radius 1 is 1.25 bits per heavy atom. The third-order valence-corrected chi connectivity index (χ3v) is 2.15. The van der Waals surface area contributed by atoms with Crippen molar-refractivity contribution in [1.82, 2.24) is 0 Å². The summed E-state index contributed by atoms with van der Waals surface area (Å²) in [6, 6.07) is 5.81. The Balaban J connectivity index is 3.36. The van der Waals surface area contributed by atoms with E-state index < -0.39 is 16.6 Å². The number of primary amides is 1. The third kappa shape index (κ3) is 1.62. The van der Waals surface area contributed by atoms with Crippen molar-refractivity contribution in [2.45, 2.75) is 4.90 Å². The van der Waals surface area contributed by atoms with Crippen molar-refractivity contribution in [3.8, 4) is 0 Å². The molecule has 0 unspecified atom stereocenters. The summed E-state index contributed by atoms with van der Waals surface area (Å²) < 4.78 is 21.1. The van der Waals surface area contributed by atoms with Crippen molar-refractivity contribution in [3.05, 3.63) is 29.8 Å². The number of benzene rings is 1. The van der Waals surface area contributed by atoms with Gasteiger partial charge in [-0.3, -0.25) is 4.79 Å². The first-order valence-electron chi connectivity index (χ1n) is 3.16. The number of carbonyl (C=O) groups excluding carboxylic acids is 1. The first-order chi connectivity index (χ1) is 5.63.